The number of hydrogen-bond acceptors (Lipinski definition) is 3. The summed E-state index contributed by atoms with van der Waals surface area (Å²) in [6.07, 6.45) is 0.506. The smallest absolute Gasteiger partial charge is 0.303 e. The lowest BCUT2D eigenvalue weighted by Gasteiger charge is -2.13. The molecule has 0 spiro atoms. The fourth-order valence-electron chi connectivity index (χ4n) is 1.47. The van der Waals surface area contributed by atoms with Gasteiger partial charge in [-0.2, -0.15) is 0 Å². The minimum absolute atomic E-state index is 0.0675. The maximum Gasteiger partial charge on any atom is 0.303 e. The summed E-state index contributed by atoms with van der Waals surface area (Å²) in [4.78, 5) is 24.0. The van der Waals surface area contributed by atoms with E-state index in [0.29, 0.717) is 18.5 Å². The molecule has 1 amide bonds. The van der Waals surface area contributed by atoms with Crippen LogP contribution in [-0.4, -0.2) is 37.6 Å². The molecule has 0 atom stereocenters. The first-order valence-electron chi connectivity index (χ1n) is 5.78. The van der Waals surface area contributed by atoms with Crippen molar-refractivity contribution in [3.05, 3.63) is 29.8 Å². The van der Waals surface area contributed by atoms with Crippen LogP contribution in [0.15, 0.2) is 24.3 Å². The highest BCUT2D eigenvalue weighted by molar-refractivity contribution is 5.95. The number of amides is 1. The quantitative estimate of drug-likeness (QED) is 0.748. The molecule has 18 heavy (non-hydrogen) atoms. The van der Waals surface area contributed by atoms with E-state index in [0.717, 1.165) is 5.69 Å². The van der Waals surface area contributed by atoms with Gasteiger partial charge < -0.3 is 15.3 Å². The van der Waals surface area contributed by atoms with Crippen LogP contribution in [0.2, 0.25) is 0 Å². The van der Waals surface area contributed by atoms with Crippen LogP contribution in [0.1, 0.15) is 23.2 Å². The van der Waals surface area contributed by atoms with Crippen LogP contribution in [0.3, 0.4) is 0 Å². The van der Waals surface area contributed by atoms with E-state index in [2.05, 4.69) is 5.32 Å². The van der Waals surface area contributed by atoms with E-state index in [1.54, 1.807) is 12.1 Å². The molecule has 1 aromatic rings. The van der Waals surface area contributed by atoms with Crippen LogP contribution in [0.4, 0.5) is 5.69 Å². The summed E-state index contributed by atoms with van der Waals surface area (Å²) < 4.78 is 0. The number of aliphatic carboxylic acids is 1. The summed E-state index contributed by atoms with van der Waals surface area (Å²) in [5.74, 6) is -1.03. The summed E-state index contributed by atoms with van der Waals surface area (Å²) in [6, 6.07) is 7.27. The van der Waals surface area contributed by atoms with Crippen LogP contribution < -0.4 is 10.2 Å². The number of carboxylic acid groups (broad SMARTS) is 1. The van der Waals surface area contributed by atoms with Crippen molar-refractivity contribution in [2.45, 2.75) is 12.8 Å². The topological polar surface area (TPSA) is 69.6 Å². The molecular formula is C13H18N2O3. The lowest BCUT2D eigenvalue weighted by molar-refractivity contribution is -0.137. The number of nitrogens with one attached hydrogen (secondary N) is 1. The zero-order valence-electron chi connectivity index (χ0n) is 10.6. The third-order valence-electron chi connectivity index (χ3n) is 2.48. The van der Waals surface area contributed by atoms with Crippen molar-refractivity contribution < 1.29 is 14.7 Å². The number of anilines is 1. The first kappa shape index (κ1) is 14.0. The van der Waals surface area contributed by atoms with Gasteiger partial charge in [-0.15, -0.1) is 0 Å². The van der Waals surface area contributed by atoms with Crippen molar-refractivity contribution in [1.82, 2.24) is 5.32 Å². The van der Waals surface area contributed by atoms with Gasteiger partial charge in [-0.25, -0.2) is 0 Å². The number of rotatable bonds is 6. The van der Waals surface area contributed by atoms with E-state index in [4.69, 9.17) is 5.11 Å². The van der Waals surface area contributed by atoms with Crippen molar-refractivity contribution in [3.63, 3.8) is 0 Å². The van der Waals surface area contributed by atoms with Crippen LogP contribution >= 0.6 is 0 Å². The van der Waals surface area contributed by atoms with Crippen molar-refractivity contribution in [2.24, 2.45) is 0 Å². The van der Waals surface area contributed by atoms with Gasteiger partial charge >= 0.3 is 5.97 Å². The molecule has 5 nitrogen and oxygen atoms in total. The lowest BCUT2D eigenvalue weighted by atomic mass is 10.2. The van der Waals surface area contributed by atoms with E-state index in [9.17, 15) is 9.59 Å². The van der Waals surface area contributed by atoms with Gasteiger partial charge in [0.2, 0.25) is 0 Å². The van der Waals surface area contributed by atoms with Gasteiger partial charge in [0, 0.05) is 38.3 Å². The molecule has 0 saturated heterocycles. The predicted octanol–water partition coefficient (Wildman–Crippen LogP) is 1.35. The molecule has 0 aliphatic carbocycles. The minimum atomic E-state index is -0.848. The van der Waals surface area contributed by atoms with Gasteiger partial charge in [-0.05, 0) is 24.6 Å². The second-order valence-corrected chi connectivity index (χ2v) is 4.20. The average Bonchev–Trinajstić information content (AvgIpc) is 2.34. The molecule has 1 aromatic carbocycles. The molecule has 98 valence electrons. The molecule has 0 aromatic heterocycles. The van der Waals surface area contributed by atoms with Crippen molar-refractivity contribution in [3.8, 4) is 0 Å². The van der Waals surface area contributed by atoms with E-state index in [-0.39, 0.29) is 12.3 Å². The second-order valence-electron chi connectivity index (χ2n) is 4.20. The molecule has 0 heterocycles. The SMILES string of the molecule is CN(C)c1cccc(C(=O)NCCCC(=O)O)c1. The number of carbonyl (C=O) groups is 2. The molecule has 0 bridgehead atoms. The van der Waals surface area contributed by atoms with Gasteiger partial charge in [0.25, 0.3) is 5.91 Å². The summed E-state index contributed by atoms with van der Waals surface area (Å²) in [5.41, 5.74) is 1.53. The molecule has 0 aliphatic rings. The fourth-order valence-corrected chi connectivity index (χ4v) is 1.47. The number of hydrogen-bond donors (Lipinski definition) is 2. The number of nitrogens with zero attached hydrogens (tertiary/aromatic N) is 1. The van der Waals surface area contributed by atoms with Gasteiger partial charge in [-0.3, -0.25) is 9.59 Å². The Morgan fingerprint density at radius 1 is 1.33 bits per heavy atom. The second kappa shape index (κ2) is 6.64. The van der Waals surface area contributed by atoms with Crippen LogP contribution in [-0.2, 0) is 4.79 Å². The highest BCUT2D eigenvalue weighted by Crippen LogP contribution is 2.13. The van der Waals surface area contributed by atoms with E-state index < -0.39 is 5.97 Å². The van der Waals surface area contributed by atoms with Crippen LogP contribution in [0, 0.1) is 0 Å². The summed E-state index contributed by atoms with van der Waals surface area (Å²) in [6.45, 7) is 0.372. The maximum absolute atomic E-state index is 11.8. The summed E-state index contributed by atoms with van der Waals surface area (Å²) in [5, 5.41) is 11.2. The van der Waals surface area contributed by atoms with Gasteiger partial charge in [0.1, 0.15) is 0 Å². The molecular weight excluding hydrogens is 232 g/mol. The monoisotopic (exact) mass is 250 g/mol. The number of carboxylic acids is 1. The highest BCUT2D eigenvalue weighted by atomic mass is 16.4. The Labute approximate surface area is 106 Å². The standard InChI is InChI=1S/C13H18N2O3/c1-15(2)11-6-3-5-10(9-11)13(18)14-8-4-7-12(16)17/h3,5-6,9H,4,7-8H2,1-2H3,(H,14,18)(H,16,17). The highest BCUT2D eigenvalue weighted by Gasteiger charge is 2.06. The van der Waals surface area contributed by atoms with Gasteiger partial charge in [0.15, 0.2) is 0 Å². The fraction of sp³-hybridized carbons (Fsp3) is 0.385. The molecule has 0 aliphatic heterocycles. The lowest BCUT2D eigenvalue weighted by Crippen LogP contribution is -2.25. The van der Waals surface area contributed by atoms with Crippen molar-refractivity contribution in [1.29, 1.82) is 0 Å². The maximum atomic E-state index is 11.8. The average molecular weight is 250 g/mol. The van der Waals surface area contributed by atoms with E-state index in [1.807, 2.05) is 31.1 Å². The first-order valence-corrected chi connectivity index (χ1v) is 5.78. The number of benzene rings is 1. The minimum Gasteiger partial charge on any atom is -0.481 e. The third-order valence-corrected chi connectivity index (χ3v) is 2.48. The molecule has 0 fully saturated rings. The molecule has 2 N–H and O–H groups in total. The van der Waals surface area contributed by atoms with Crippen LogP contribution in [0.5, 0.6) is 0 Å². The Kier molecular flexibility index (Phi) is 5.17. The Morgan fingerprint density at radius 3 is 2.67 bits per heavy atom. The zero-order chi connectivity index (χ0) is 13.5. The van der Waals surface area contributed by atoms with E-state index >= 15 is 0 Å². The molecule has 1 rings (SSSR count). The molecule has 0 unspecified atom stereocenters. The van der Waals surface area contributed by atoms with Gasteiger partial charge in [-0.1, -0.05) is 6.07 Å². The van der Waals surface area contributed by atoms with Crippen LogP contribution in [0.25, 0.3) is 0 Å². The molecule has 5 heteroatoms. The van der Waals surface area contributed by atoms with Crippen molar-refractivity contribution >= 4 is 17.6 Å². The Hall–Kier alpha value is -2.04. The summed E-state index contributed by atoms with van der Waals surface area (Å²) >= 11 is 0. The zero-order valence-corrected chi connectivity index (χ0v) is 10.6. The van der Waals surface area contributed by atoms with Crippen molar-refractivity contribution in [2.75, 3.05) is 25.5 Å². The van der Waals surface area contributed by atoms with Gasteiger partial charge in [0.05, 0.1) is 0 Å². The predicted molar refractivity (Wildman–Crippen MR) is 70.0 cm³/mol. The Bertz CT molecular complexity index is 430. The molecule has 0 saturated carbocycles. The largest absolute Gasteiger partial charge is 0.481 e. The Balaban J connectivity index is 2.51. The normalized spacial score (nSPS) is 9.89. The number of carbonyl (C=O) groups excluding carboxylic acids is 1. The molecule has 0 radical (unpaired) electrons. The first-order chi connectivity index (χ1) is 8.50. The third kappa shape index (κ3) is 4.45. The Morgan fingerprint density at radius 2 is 2.06 bits per heavy atom. The summed E-state index contributed by atoms with van der Waals surface area (Å²) in [7, 11) is 3.81. The van der Waals surface area contributed by atoms with E-state index in [1.165, 1.54) is 0 Å².